The highest BCUT2D eigenvalue weighted by atomic mass is 35.5. The van der Waals surface area contributed by atoms with E-state index in [1.54, 1.807) is 0 Å². The van der Waals surface area contributed by atoms with Crippen molar-refractivity contribution in [2.75, 3.05) is 38.7 Å². The minimum atomic E-state index is -3.74. The molecule has 8 nitrogen and oxygen atoms in total. The molecule has 146 valence electrons. The van der Waals surface area contributed by atoms with E-state index in [4.69, 9.17) is 9.47 Å². The van der Waals surface area contributed by atoms with Crippen molar-refractivity contribution in [2.45, 2.75) is 24.2 Å². The van der Waals surface area contributed by atoms with Gasteiger partial charge in [0, 0.05) is 18.7 Å². The molecule has 10 heteroatoms. The molecule has 0 spiro atoms. The quantitative estimate of drug-likeness (QED) is 0.654. The lowest BCUT2D eigenvalue weighted by atomic mass is 9.96. The molecule has 0 radical (unpaired) electrons. The van der Waals surface area contributed by atoms with Crippen LogP contribution in [0, 0.1) is 5.92 Å². The molecule has 1 amide bonds. The Hall–Kier alpha value is -1.55. The number of sulfonamides is 1. The number of halogens is 1. The zero-order valence-corrected chi connectivity index (χ0v) is 16.2. The van der Waals surface area contributed by atoms with Gasteiger partial charge in [0.05, 0.1) is 12.8 Å². The number of ether oxygens (including phenoxy) is 2. The standard InChI is InChI=1S/C16H23N3O5S.ClH/c1-23-14-7-12-13(24-10-16(20)19-12)8-15(14)25(21,22)18-6-4-11-3-2-5-17-9-11;/h7-8,11,17-18H,2-6,9-10H2,1H3,(H,19,20);1H. The van der Waals surface area contributed by atoms with E-state index in [2.05, 4.69) is 15.4 Å². The first kappa shape index (κ1) is 20.8. The van der Waals surface area contributed by atoms with Crippen molar-refractivity contribution in [1.82, 2.24) is 10.0 Å². The van der Waals surface area contributed by atoms with E-state index in [1.165, 1.54) is 19.2 Å². The second-order valence-corrected chi connectivity index (χ2v) is 7.97. The second kappa shape index (κ2) is 8.90. The third-order valence-electron chi connectivity index (χ3n) is 4.43. The number of piperidine rings is 1. The molecule has 1 fully saturated rings. The van der Waals surface area contributed by atoms with Crippen molar-refractivity contribution >= 4 is 34.0 Å². The zero-order chi connectivity index (χ0) is 17.9. The summed E-state index contributed by atoms with van der Waals surface area (Å²) < 4.78 is 38.4. The van der Waals surface area contributed by atoms with Crippen LogP contribution in [0.4, 0.5) is 5.69 Å². The SMILES string of the molecule is COc1cc2c(cc1S(=O)(=O)NCCC1CCCNC1)OCC(=O)N2.Cl. The predicted octanol–water partition coefficient (Wildman–Crippen LogP) is 1.12. The van der Waals surface area contributed by atoms with Crippen molar-refractivity contribution in [2.24, 2.45) is 5.92 Å². The van der Waals surface area contributed by atoms with E-state index in [9.17, 15) is 13.2 Å². The number of methoxy groups -OCH3 is 1. The maximum absolute atomic E-state index is 12.7. The normalized spacial score (nSPS) is 19.6. The number of hydrogen-bond donors (Lipinski definition) is 3. The molecule has 3 N–H and O–H groups in total. The van der Waals surface area contributed by atoms with Gasteiger partial charge in [0.1, 0.15) is 16.4 Å². The molecule has 0 saturated carbocycles. The van der Waals surface area contributed by atoms with E-state index in [0.29, 0.717) is 23.9 Å². The summed E-state index contributed by atoms with van der Waals surface area (Å²) in [6.07, 6.45) is 3.02. The number of nitrogens with one attached hydrogen (secondary N) is 3. The van der Waals surface area contributed by atoms with E-state index in [1.807, 2.05) is 0 Å². The number of amides is 1. The molecule has 3 rings (SSSR count). The van der Waals surface area contributed by atoms with Crippen molar-refractivity contribution in [3.8, 4) is 11.5 Å². The zero-order valence-electron chi connectivity index (χ0n) is 14.5. The predicted molar refractivity (Wildman–Crippen MR) is 99.8 cm³/mol. The lowest BCUT2D eigenvalue weighted by Crippen LogP contribution is -2.33. The van der Waals surface area contributed by atoms with Crippen molar-refractivity contribution in [3.63, 3.8) is 0 Å². The molecular weight excluding hydrogens is 382 g/mol. The Bertz CT molecular complexity index is 750. The Kier molecular flexibility index (Phi) is 7.10. The van der Waals surface area contributed by atoms with Gasteiger partial charge in [-0.3, -0.25) is 4.79 Å². The van der Waals surface area contributed by atoms with Crippen LogP contribution < -0.4 is 24.8 Å². The molecule has 0 aliphatic carbocycles. The van der Waals surface area contributed by atoms with Crippen molar-refractivity contribution < 1.29 is 22.7 Å². The fourth-order valence-corrected chi connectivity index (χ4v) is 4.31. The van der Waals surface area contributed by atoms with Gasteiger partial charge in [-0.05, 0) is 38.3 Å². The number of rotatable bonds is 6. The molecule has 2 heterocycles. The van der Waals surface area contributed by atoms with Crippen LogP contribution in [0.15, 0.2) is 17.0 Å². The number of anilines is 1. The van der Waals surface area contributed by atoms with Crippen LogP contribution in [-0.2, 0) is 14.8 Å². The van der Waals surface area contributed by atoms with Crippen LogP contribution in [-0.4, -0.2) is 47.7 Å². The average molecular weight is 406 g/mol. The largest absolute Gasteiger partial charge is 0.495 e. The number of benzene rings is 1. The van der Waals surface area contributed by atoms with Crippen LogP contribution >= 0.6 is 12.4 Å². The Labute approximate surface area is 159 Å². The van der Waals surface area contributed by atoms with E-state index in [-0.39, 0.29) is 35.6 Å². The molecular formula is C16H24ClN3O5S. The van der Waals surface area contributed by atoms with Gasteiger partial charge in [-0.1, -0.05) is 0 Å². The Morgan fingerprint density at radius 2 is 2.19 bits per heavy atom. The molecule has 1 atom stereocenters. The maximum atomic E-state index is 12.7. The first-order valence-corrected chi connectivity index (χ1v) is 9.83. The van der Waals surface area contributed by atoms with Gasteiger partial charge >= 0.3 is 0 Å². The highest BCUT2D eigenvalue weighted by molar-refractivity contribution is 7.89. The number of carbonyl (C=O) groups is 1. The van der Waals surface area contributed by atoms with E-state index in [0.717, 1.165) is 32.4 Å². The first-order valence-electron chi connectivity index (χ1n) is 8.34. The number of fused-ring (bicyclic) bond motifs is 1. The first-order chi connectivity index (χ1) is 12.0. The second-order valence-electron chi connectivity index (χ2n) is 6.23. The molecule has 0 bridgehead atoms. The Morgan fingerprint density at radius 3 is 2.88 bits per heavy atom. The van der Waals surface area contributed by atoms with Crippen LogP contribution in [0.25, 0.3) is 0 Å². The summed E-state index contributed by atoms with van der Waals surface area (Å²) in [5, 5.41) is 5.96. The third-order valence-corrected chi connectivity index (χ3v) is 5.91. The summed E-state index contributed by atoms with van der Waals surface area (Å²) in [4.78, 5) is 11.4. The van der Waals surface area contributed by atoms with Crippen LogP contribution in [0.2, 0.25) is 0 Å². The highest BCUT2D eigenvalue weighted by Crippen LogP contribution is 2.37. The maximum Gasteiger partial charge on any atom is 0.262 e. The minimum Gasteiger partial charge on any atom is -0.495 e. The van der Waals surface area contributed by atoms with Crippen LogP contribution in [0.5, 0.6) is 11.5 Å². The number of carbonyl (C=O) groups excluding carboxylic acids is 1. The lowest BCUT2D eigenvalue weighted by molar-refractivity contribution is -0.118. The molecule has 1 aromatic carbocycles. The van der Waals surface area contributed by atoms with Crippen molar-refractivity contribution in [3.05, 3.63) is 12.1 Å². The van der Waals surface area contributed by atoms with E-state index < -0.39 is 10.0 Å². The summed E-state index contributed by atoms with van der Waals surface area (Å²) in [7, 11) is -2.35. The average Bonchev–Trinajstić information content (AvgIpc) is 2.61. The van der Waals surface area contributed by atoms with Crippen LogP contribution in [0.3, 0.4) is 0 Å². The van der Waals surface area contributed by atoms with Gasteiger partial charge in [0.15, 0.2) is 6.61 Å². The topological polar surface area (TPSA) is 106 Å². The smallest absolute Gasteiger partial charge is 0.262 e. The molecule has 1 saturated heterocycles. The van der Waals surface area contributed by atoms with Gasteiger partial charge in [-0.25, -0.2) is 13.1 Å². The molecule has 1 aromatic rings. The summed E-state index contributed by atoms with van der Waals surface area (Å²) in [6.45, 7) is 2.19. The molecule has 0 aromatic heterocycles. The van der Waals surface area contributed by atoms with Gasteiger partial charge < -0.3 is 20.1 Å². The van der Waals surface area contributed by atoms with Gasteiger partial charge in [0.25, 0.3) is 5.91 Å². The molecule has 2 aliphatic rings. The fraction of sp³-hybridized carbons (Fsp3) is 0.562. The van der Waals surface area contributed by atoms with E-state index >= 15 is 0 Å². The summed E-state index contributed by atoms with van der Waals surface area (Å²) in [6, 6.07) is 2.85. The highest BCUT2D eigenvalue weighted by Gasteiger charge is 2.26. The van der Waals surface area contributed by atoms with Gasteiger partial charge in [-0.15, -0.1) is 12.4 Å². The fourth-order valence-electron chi connectivity index (χ4n) is 3.10. The molecule has 2 aliphatic heterocycles. The van der Waals surface area contributed by atoms with Gasteiger partial charge in [-0.2, -0.15) is 0 Å². The Morgan fingerprint density at radius 1 is 1.38 bits per heavy atom. The molecule has 1 unspecified atom stereocenters. The summed E-state index contributed by atoms with van der Waals surface area (Å²) >= 11 is 0. The monoisotopic (exact) mass is 405 g/mol. The summed E-state index contributed by atoms with van der Waals surface area (Å²) in [5.74, 6) is 0.679. The van der Waals surface area contributed by atoms with Gasteiger partial charge in [0.2, 0.25) is 10.0 Å². The third kappa shape index (κ3) is 4.79. The van der Waals surface area contributed by atoms with Crippen LogP contribution in [0.1, 0.15) is 19.3 Å². The minimum absolute atomic E-state index is 0. The lowest BCUT2D eigenvalue weighted by Gasteiger charge is -2.23. The summed E-state index contributed by atoms with van der Waals surface area (Å²) in [5.41, 5.74) is 0.403. The van der Waals surface area contributed by atoms with Crippen molar-refractivity contribution in [1.29, 1.82) is 0 Å². The Balaban J connectivity index is 0.00000243. The number of hydrogen-bond acceptors (Lipinski definition) is 6. The molecule has 26 heavy (non-hydrogen) atoms.